The lowest BCUT2D eigenvalue weighted by molar-refractivity contribution is 0.0625. The van der Waals surface area contributed by atoms with Crippen molar-refractivity contribution in [2.45, 2.75) is 25.3 Å². The maximum absolute atomic E-state index is 12.8. The summed E-state index contributed by atoms with van der Waals surface area (Å²) in [4.78, 5) is 19.1. The van der Waals surface area contributed by atoms with E-state index < -0.39 is 0 Å². The van der Waals surface area contributed by atoms with Gasteiger partial charge in [-0.2, -0.15) is 0 Å². The van der Waals surface area contributed by atoms with Crippen molar-refractivity contribution in [3.8, 4) is 0 Å². The van der Waals surface area contributed by atoms with Gasteiger partial charge >= 0.3 is 0 Å². The number of carbonyl (C=O) groups excluding carboxylic acids is 1. The summed E-state index contributed by atoms with van der Waals surface area (Å²) in [5, 5.41) is 0.918. The highest BCUT2D eigenvalue weighted by Gasteiger charge is 2.27. The number of nitrogens with two attached hydrogens (primary N) is 1. The SMILES string of the molecule is NCC1CCCCN1C(=O)c1cccc2ncccc12. The molecule has 4 heteroatoms. The van der Waals surface area contributed by atoms with Gasteiger partial charge in [-0.25, -0.2) is 0 Å². The fourth-order valence-electron chi connectivity index (χ4n) is 2.96. The number of hydrogen-bond acceptors (Lipinski definition) is 3. The van der Waals surface area contributed by atoms with Gasteiger partial charge in [0, 0.05) is 36.3 Å². The summed E-state index contributed by atoms with van der Waals surface area (Å²) in [5.41, 5.74) is 7.41. The first kappa shape index (κ1) is 13.1. The predicted octanol–water partition coefficient (Wildman–Crippen LogP) is 2.19. The van der Waals surface area contributed by atoms with E-state index in [4.69, 9.17) is 5.73 Å². The molecule has 1 aromatic carbocycles. The zero-order valence-corrected chi connectivity index (χ0v) is 11.5. The highest BCUT2D eigenvalue weighted by atomic mass is 16.2. The Morgan fingerprint density at radius 3 is 3.05 bits per heavy atom. The summed E-state index contributed by atoms with van der Waals surface area (Å²) >= 11 is 0. The highest BCUT2D eigenvalue weighted by Crippen LogP contribution is 2.23. The molecule has 0 saturated carbocycles. The molecule has 1 fully saturated rings. The monoisotopic (exact) mass is 269 g/mol. The molecule has 2 N–H and O–H groups in total. The van der Waals surface area contributed by atoms with E-state index >= 15 is 0 Å². The second-order valence-corrected chi connectivity index (χ2v) is 5.26. The number of likely N-dealkylation sites (tertiary alicyclic amines) is 1. The van der Waals surface area contributed by atoms with Crippen molar-refractivity contribution in [1.29, 1.82) is 0 Å². The van der Waals surface area contributed by atoms with Crippen LogP contribution in [0, 0.1) is 0 Å². The number of nitrogens with zero attached hydrogens (tertiary/aromatic N) is 2. The molecule has 0 aliphatic carbocycles. The number of fused-ring (bicyclic) bond motifs is 1. The largest absolute Gasteiger partial charge is 0.334 e. The van der Waals surface area contributed by atoms with Crippen molar-refractivity contribution in [3.05, 3.63) is 42.1 Å². The summed E-state index contributed by atoms with van der Waals surface area (Å²) in [7, 11) is 0. The van der Waals surface area contributed by atoms with Gasteiger partial charge in [-0.15, -0.1) is 0 Å². The van der Waals surface area contributed by atoms with Crippen molar-refractivity contribution in [2.75, 3.05) is 13.1 Å². The van der Waals surface area contributed by atoms with Gasteiger partial charge in [0.05, 0.1) is 5.52 Å². The van der Waals surface area contributed by atoms with Crippen LogP contribution in [0.1, 0.15) is 29.6 Å². The second kappa shape index (κ2) is 5.59. The van der Waals surface area contributed by atoms with Crippen molar-refractivity contribution in [1.82, 2.24) is 9.88 Å². The first-order valence-corrected chi connectivity index (χ1v) is 7.16. The van der Waals surface area contributed by atoms with Crippen molar-refractivity contribution < 1.29 is 4.79 Å². The Labute approximate surface area is 118 Å². The van der Waals surface area contributed by atoms with Crippen LogP contribution < -0.4 is 5.73 Å². The molecule has 1 aromatic heterocycles. The smallest absolute Gasteiger partial charge is 0.254 e. The first-order valence-electron chi connectivity index (χ1n) is 7.16. The third kappa shape index (κ3) is 2.27. The molecule has 1 saturated heterocycles. The number of amides is 1. The molecule has 104 valence electrons. The summed E-state index contributed by atoms with van der Waals surface area (Å²) in [6.07, 6.45) is 4.97. The lowest BCUT2D eigenvalue weighted by Gasteiger charge is -2.35. The van der Waals surface area contributed by atoms with Gasteiger partial charge in [-0.05, 0) is 37.5 Å². The molecule has 1 atom stereocenters. The summed E-state index contributed by atoms with van der Waals surface area (Å²) in [5.74, 6) is 0.0822. The van der Waals surface area contributed by atoms with E-state index in [1.54, 1.807) is 6.20 Å². The normalized spacial score (nSPS) is 19.2. The van der Waals surface area contributed by atoms with Gasteiger partial charge in [-0.1, -0.05) is 12.1 Å². The van der Waals surface area contributed by atoms with Gasteiger partial charge < -0.3 is 10.6 Å². The number of benzene rings is 1. The zero-order chi connectivity index (χ0) is 13.9. The van der Waals surface area contributed by atoms with Crippen LogP contribution in [0.2, 0.25) is 0 Å². The van der Waals surface area contributed by atoms with Crippen LogP contribution in [-0.2, 0) is 0 Å². The molecule has 0 radical (unpaired) electrons. The predicted molar refractivity (Wildman–Crippen MR) is 79.5 cm³/mol. The number of piperidine rings is 1. The minimum Gasteiger partial charge on any atom is -0.334 e. The van der Waals surface area contributed by atoms with Crippen molar-refractivity contribution >= 4 is 16.8 Å². The number of carbonyl (C=O) groups is 1. The average Bonchev–Trinajstić information content (AvgIpc) is 2.53. The molecule has 3 rings (SSSR count). The lowest BCUT2D eigenvalue weighted by Crippen LogP contribution is -2.47. The van der Waals surface area contributed by atoms with Crippen LogP contribution in [0.4, 0.5) is 0 Å². The Bertz CT molecular complexity index is 621. The Balaban J connectivity index is 1.99. The Hall–Kier alpha value is -1.94. The number of aromatic nitrogens is 1. The minimum absolute atomic E-state index is 0.0822. The Morgan fingerprint density at radius 2 is 2.20 bits per heavy atom. The number of rotatable bonds is 2. The standard InChI is InChI=1S/C16H19N3O/c17-11-12-5-1-2-10-19(12)16(20)14-6-3-8-15-13(14)7-4-9-18-15/h3-4,6-9,12H,1-2,5,10-11,17H2. The third-order valence-corrected chi connectivity index (χ3v) is 4.04. The summed E-state index contributed by atoms with van der Waals surface area (Å²) in [6, 6.07) is 9.71. The average molecular weight is 269 g/mol. The second-order valence-electron chi connectivity index (χ2n) is 5.26. The first-order chi connectivity index (χ1) is 9.81. The molecule has 1 amide bonds. The molecule has 2 heterocycles. The topological polar surface area (TPSA) is 59.2 Å². The van der Waals surface area contributed by atoms with Gasteiger partial charge in [0.2, 0.25) is 0 Å². The molecule has 2 aromatic rings. The van der Waals surface area contributed by atoms with Crippen LogP contribution in [0.25, 0.3) is 10.9 Å². The zero-order valence-electron chi connectivity index (χ0n) is 11.5. The van der Waals surface area contributed by atoms with E-state index in [1.165, 1.54) is 0 Å². The van der Waals surface area contributed by atoms with E-state index in [0.717, 1.165) is 42.3 Å². The molecule has 1 unspecified atom stereocenters. The molecule has 0 spiro atoms. The van der Waals surface area contributed by atoms with Crippen LogP contribution in [-0.4, -0.2) is 34.9 Å². The summed E-state index contributed by atoms with van der Waals surface area (Å²) in [6.45, 7) is 1.34. The molecule has 1 aliphatic rings. The van der Waals surface area contributed by atoms with Crippen LogP contribution >= 0.6 is 0 Å². The molecule has 4 nitrogen and oxygen atoms in total. The minimum atomic E-state index is 0.0822. The maximum Gasteiger partial charge on any atom is 0.254 e. The maximum atomic E-state index is 12.8. The van der Waals surface area contributed by atoms with Crippen LogP contribution in [0.3, 0.4) is 0 Å². The quantitative estimate of drug-likeness (QED) is 0.909. The van der Waals surface area contributed by atoms with Gasteiger partial charge in [0.1, 0.15) is 0 Å². The molecular weight excluding hydrogens is 250 g/mol. The Kier molecular flexibility index (Phi) is 3.65. The van der Waals surface area contributed by atoms with E-state index in [2.05, 4.69) is 4.98 Å². The molecule has 1 aliphatic heterocycles. The van der Waals surface area contributed by atoms with E-state index in [1.807, 2.05) is 35.2 Å². The summed E-state index contributed by atoms with van der Waals surface area (Å²) < 4.78 is 0. The van der Waals surface area contributed by atoms with E-state index in [0.29, 0.717) is 6.54 Å². The molecule has 20 heavy (non-hydrogen) atoms. The highest BCUT2D eigenvalue weighted by molar-refractivity contribution is 6.06. The van der Waals surface area contributed by atoms with Gasteiger partial charge in [-0.3, -0.25) is 9.78 Å². The Morgan fingerprint density at radius 1 is 1.30 bits per heavy atom. The van der Waals surface area contributed by atoms with Crippen molar-refractivity contribution in [2.24, 2.45) is 5.73 Å². The molecule has 0 bridgehead atoms. The fraction of sp³-hybridized carbons (Fsp3) is 0.375. The lowest BCUT2D eigenvalue weighted by atomic mass is 9.99. The number of hydrogen-bond donors (Lipinski definition) is 1. The van der Waals surface area contributed by atoms with Gasteiger partial charge in [0.25, 0.3) is 5.91 Å². The van der Waals surface area contributed by atoms with E-state index in [9.17, 15) is 4.79 Å². The third-order valence-electron chi connectivity index (χ3n) is 4.04. The van der Waals surface area contributed by atoms with Gasteiger partial charge in [0.15, 0.2) is 0 Å². The fourth-order valence-corrected chi connectivity index (χ4v) is 2.96. The van der Waals surface area contributed by atoms with Crippen molar-refractivity contribution in [3.63, 3.8) is 0 Å². The number of pyridine rings is 1. The van der Waals surface area contributed by atoms with Crippen LogP contribution in [0.5, 0.6) is 0 Å². The van der Waals surface area contributed by atoms with Crippen LogP contribution in [0.15, 0.2) is 36.5 Å². The van der Waals surface area contributed by atoms with E-state index in [-0.39, 0.29) is 11.9 Å². The molecular formula is C16H19N3O.